The van der Waals surface area contributed by atoms with E-state index in [9.17, 15) is 4.79 Å². The molecule has 0 saturated heterocycles. The molecule has 0 bridgehead atoms. The highest BCUT2D eigenvalue weighted by Gasteiger charge is 2.13. The van der Waals surface area contributed by atoms with Gasteiger partial charge in [-0.2, -0.15) is 0 Å². The Kier molecular flexibility index (Phi) is 6.82. The summed E-state index contributed by atoms with van der Waals surface area (Å²) in [5.41, 5.74) is 1.84. The maximum absolute atomic E-state index is 13.2. The average molecular weight is 439 g/mol. The minimum atomic E-state index is 0.0481. The Hall–Kier alpha value is -2.22. The molecule has 2 aromatic carbocycles. The Morgan fingerprint density at radius 1 is 1.00 bits per heavy atom. The van der Waals surface area contributed by atoms with Gasteiger partial charge in [-0.3, -0.25) is 9.36 Å². The summed E-state index contributed by atoms with van der Waals surface area (Å²) in [5.74, 6) is 0.709. The Labute approximate surface area is 184 Å². The van der Waals surface area contributed by atoms with E-state index < -0.39 is 0 Å². The van der Waals surface area contributed by atoms with Gasteiger partial charge in [0, 0.05) is 6.54 Å². The van der Waals surface area contributed by atoms with Gasteiger partial charge in [-0.15, -0.1) is 11.3 Å². The van der Waals surface area contributed by atoms with E-state index in [4.69, 9.17) is 9.97 Å². The van der Waals surface area contributed by atoms with Gasteiger partial charge >= 0.3 is 0 Å². The molecule has 0 fully saturated rings. The fourth-order valence-corrected chi connectivity index (χ4v) is 5.54. The molecule has 156 valence electrons. The molecule has 5 nitrogen and oxygen atoms in total. The van der Waals surface area contributed by atoms with Crippen LogP contribution in [0.5, 0.6) is 0 Å². The predicted octanol–water partition coefficient (Wildman–Crippen LogP) is 5.03. The lowest BCUT2D eigenvalue weighted by Crippen LogP contribution is -2.28. The summed E-state index contributed by atoms with van der Waals surface area (Å²) in [6.45, 7) is 8.06. The molecule has 0 aliphatic rings. The largest absolute Gasteiger partial charge is 0.304 e. The molecule has 0 amide bonds. The van der Waals surface area contributed by atoms with Crippen LogP contribution in [0.4, 0.5) is 0 Å². The van der Waals surface area contributed by atoms with E-state index in [0.717, 1.165) is 47.3 Å². The van der Waals surface area contributed by atoms with Gasteiger partial charge in [0.15, 0.2) is 5.16 Å². The Morgan fingerprint density at radius 3 is 2.50 bits per heavy atom. The molecule has 2 heterocycles. The molecule has 2 aromatic heterocycles. The summed E-state index contributed by atoms with van der Waals surface area (Å²) in [6, 6.07) is 15.8. The zero-order chi connectivity index (χ0) is 20.9. The number of aromatic nitrogens is 3. The van der Waals surface area contributed by atoms with Gasteiger partial charge in [-0.25, -0.2) is 9.97 Å². The monoisotopic (exact) mass is 438 g/mol. The first-order valence-electron chi connectivity index (χ1n) is 10.4. The highest BCUT2D eigenvalue weighted by atomic mass is 32.2. The molecule has 0 saturated carbocycles. The zero-order valence-corrected chi connectivity index (χ0v) is 19.0. The van der Waals surface area contributed by atoms with Crippen LogP contribution in [0.1, 0.15) is 25.3 Å². The first kappa shape index (κ1) is 21.0. The third-order valence-corrected chi connectivity index (χ3v) is 7.45. The molecule has 0 aliphatic carbocycles. The van der Waals surface area contributed by atoms with Crippen molar-refractivity contribution in [1.29, 1.82) is 0 Å². The molecule has 0 aliphatic heterocycles. The summed E-state index contributed by atoms with van der Waals surface area (Å²) < 4.78 is 3.04. The molecule has 4 aromatic rings. The van der Waals surface area contributed by atoms with Crippen molar-refractivity contribution in [3.05, 3.63) is 63.9 Å². The van der Waals surface area contributed by atoms with Crippen LogP contribution in [0.3, 0.4) is 0 Å². The number of nitrogens with zero attached hydrogens (tertiary/aromatic N) is 4. The standard InChI is InChI=1S/C23H26N4OS2/c1-3-26(4-2)14-9-15-27-22(28)17-10-5-6-11-18(17)25-23(27)29-16-21-24-19-12-7-8-13-20(19)30-21/h5-8,10-13H,3-4,9,14-16H2,1-2H3. The molecule has 30 heavy (non-hydrogen) atoms. The number of benzene rings is 2. The number of rotatable bonds is 9. The van der Waals surface area contributed by atoms with Gasteiger partial charge in [0.2, 0.25) is 0 Å². The van der Waals surface area contributed by atoms with E-state index in [2.05, 4.69) is 24.8 Å². The van der Waals surface area contributed by atoms with E-state index in [1.54, 1.807) is 23.1 Å². The minimum Gasteiger partial charge on any atom is -0.304 e. The maximum atomic E-state index is 13.2. The third-order valence-electron chi connectivity index (χ3n) is 5.24. The first-order valence-corrected chi connectivity index (χ1v) is 12.2. The lowest BCUT2D eigenvalue weighted by Gasteiger charge is -2.19. The maximum Gasteiger partial charge on any atom is 0.262 e. The number of thioether (sulfide) groups is 1. The second-order valence-corrected chi connectivity index (χ2v) is 9.17. The van der Waals surface area contributed by atoms with Crippen LogP contribution in [0.2, 0.25) is 0 Å². The summed E-state index contributed by atoms with van der Waals surface area (Å²) in [5, 5.41) is 2.51. The summed E-state index contributed by atoms with van der Waals surface area (Å²) in [4.78, 5) is 25.1. The second kappa shape index (κ2) is 9.73. The first-order chi connectivity index (χ1) is 14.7. The molecular formula is C23H26N4OS2. The van der Waals surface area contributed by atoms with Crippen molar-refractivity contribution in [3.63, 3.8) is 0 Å². The van der Waals surface area contributed by atoms with E-state index in [-0.39, 0.29) is 5.56 Å². The second-order valence-electron chi connectivity index (χ2n) is 7.11. The fourth-order valence-electron chi connectivity index (χ4n) is 3.56. The number of hydrogen-bond acceptors (Lipinski definition) is 6. The highest BCUT2D eigenvalue weighted by Crippen LogP contribution is 2.28. The summed E-state index contributed by atoms with van der Waals surface area (Å²) >= 11 is 3.31. The minimum absolute atomic E-state index is 0.0481. The highest BCUT2D eigenvalue weighted by molar-refractivity contribution is 7.98. The summed E-state index contributed by atoms with van der Waals surface area (Å²) in [6.07, 6.45) is 0.927. The van der Waals surface area contributed by atoms with E-state index in [0.29, 0.717) is 17.7 Å². The Bertz CT molecular complexity index is 1160. The van der Waals surface area contributed by atoms with E-state index >= 15 is 0 Å². The molecular weight excluding hydrogens is 412 g/mol. The van der Waals surface area contributed by atoms with Crippen LogP contribution in [0, 0.1) is 0 Å². The van der Waals surface area contributed by atoms with Crippen molar-refractivity contribution in [2.75, 3.05) is 19.6 Å². The molecule has 0 radical (unpaired) electrons. The average Bonchev–Trinajstić information content (AvgIpc) is 3.20. The van der Waals surface area contributed by atoms with Crippen molar-refractivity contribution in [1.82, 2.24) is 19.4 Å². The van der Waals surface area contributed by atoms with E-state index in [1.807, 2.05) is 47.0 Å². The smallest absolute Gasteiger partial charge is 0.262 e. The molecule has 0 atom stereocenters. The lowest BCUT2D eigenvalue weighted by molar-refractivity contribution is 0.290. The topological polar surface area (TPSA) is 51.0 Å². The molecule has 0 N–H and O–H groups in total. The van der Waals surface area contributed by atoms with Gasteiger partial charge in [-0.1, -0.05) is 49.9 Å². The molecule has 0 unspecified atom stereocenters. The third kappa shape index (κ3) is 4.58. The van der Waals surface area contributed by atoms with Crippen LogP contribution < -0.4 is 5.56 Å². The Morgan fingerprint density at radius 2 is 1.73 bits per heavy atom. The zero-order valence-electron chi connectivity index (χ0n) is 17.4. The van der Waals surface area contributed by atoms with Crippen LogP contribution in [-0.4, -0.2) is 39.1 Å². The number of thiazole rings is 1. The van der Waals surface area contributed by atoms with Crippen LogP contribution in [0.15, 0.2) is 58.5 Å². The van der Waals surface area contributed by atoms with Gasteiger partial charge in [0.05, 0.1) is 26.9 Å². The predicted molar refractivity (Wildman–Crippen MR) is 128 cm³/mol. The number of para-hydroxylation sites is 2. The molecule has 4 rings (SSSR count). The van der Waals surface area contributed by atoms with Crippen molar-refractivity contribution in [3.8, 4) is 0 Å². The lowest BCUT2D eigenvalue weighted by atomic mass is 10.2. The van der Waals surface area contributed by atoms with Crippen molar-refractivity contribution in [2.24, 2.45) is 0 Å². The van der Waals surface area contributed by atoms with Crippen molar-refractivity contribution in [2.45, 2.75) is 37.7 Å². The Balaban J connectivity index is 1.60. The van der Waals surface area contributed by atoms with Crippen LogP contribution in [0.25, 0.3) is 21.1 Å². The van der Waals surface area contributed by atoms with Gasteiger partial charge < -0.3 is 4.90 Å². The SMILES string of the molecule is CCN(CC)CCCn1c(SCc2nc3ccccc3s2)nc2ccccc2c1=O. The van der Waals surface area contributed by atoms with Crippen LogP contribution >= 0.6 is 23.1 Å². The normalized spacial score (nSPS) is 11.7. The molecule has 0 spiro atoms. The van der Waals surface area contributed by atoms with Crippen molar-refractivity contribution < 1.29 is 0 Å². The van der Waals surface area contributed by atoms with Gasteiger partial charge in [0.1, 0.15) is 5.01 Å². The number of fused-ring (bicyclic) bond motifs is 2. The van der Waals surface area contributed by atoms with E-state index in [1.165, 1.54) is 4.70 Å². The van der Waals surface area contributed by atoms with Gasteiger partial charge in [0.25, 0.3) is 5.56 Å². The molecule has 7 heteroatoms. The van der Waals surface area contributed by atoms with Gasteiger partial charge in [-0.05, 0) is 50.3 Å². The van der Waals surface area contributed by atoms with Crippen LogP contribution in [-0.2, 0) is 12.3 Å². The van der Waals surface area contributed by atoms with Crippen molar-refractivity contribution >= 4 is 44.2 Å². The summed E-state index contributed by atoms with van der Waals surface area (Å²) in [7, 11) is 0. The quantitative estimate of drug-likeness (QED) is 0.271. The number of hydrogen-bond donors (Lipinski definition) is 0. The fraction of sp³-hybridized carbons (Fsp3) is 0.348.